The molecular weight excluding hydrogens is 370 g/mol. The third kappa shape index (κ3) is 5.52. The van der Waals surface area contributed by atoms with E-state index in [-0.39, 0.29) is 17.5 Å². The van der Waals surface area contributed by atoms with Crippen LogP contribution in [0.1, 0.15) is 24.3 Å². The Kier molecular flexibility index (Phi) is 6.36. The minimum atomic E-state index is -0.374. The first-order chi connectivity index (χ1) is 14.0. The number of ether oxygens (including phenoxy) is 1. The summed E-state index contributed by atoms with van der Waals surface area (Å²) in [5, 5.41) is 8.58. The molecule has 0 saturated carbocycles. The van der Waals surface area contributed by atoms with Gasteiger partial charge in [-0.05, 0) is 43.3 Å². The molecule has 1 aromatic heterocycles. The molecule has 0 saturated heterocycles. The maximum absolute atomic E-state index is 12.5. The molecule has 0 spiro atoms. The predicted molar refractivity (Wildman–Crippen MR) is 112 cm³/mol. The van der Waals surface area contributed by atoms with Gasteiger partial charge in [0.25, 0.3) is 5.91 Å². The molecule has 29 heavy (non-hydrogen) atoms. The Morgan fingerprint density at radius 1 is 0.966 bits per heavy atom. The molecule has 3 rings (SSSR count). The highest BCUT2D eigenvalue weighted by Gasteiger charge is 2.11. The predicted octanol–water partition coefficient (Wildman–Crippen LogP) is 3.83. The summed E-state index contributed by atoms with van der Waals surface area (Å²) < 4.78 is 5.59. The number of nitrogens with one attached hydrogen (secondary N) is 3. The lowest BCUT2D eigenvalue weighted by atomic mass is 10.2. The lowest BCUT2D eigenvalue weighted by Gasteiger charge is -2.12. The summed E-state index contributed by atoms with van der Waals surface area (Å²) in [4.78, 5) is 31.8. The smallest absolute Gasteiger partial charge is 0.274 e. The van der Waals surface area contributed by atoms with Crippen molar-refractivity contribution in [1.82, 2.24) is 9.97 Å². The van der Waals surface area contributed by atoms with Crippen molar-refractivity contribution in [2.75, 3.05) is 22.6 Å². The zero-order valence-electron chi connectivity index (χ0n) is 16.1. The first-order valence-electron chi connectivity index (χ1n) is 9.05. The van der Waals surface area contributed by atoms with Crippen LogP contribution in [0.15, 0.2) is 60.9 Å². The van der Waals surface area contributed by atoms with Crippen molar-refractivity contribution in [3.05, 3.63) is 66.6 Å². The Labute approximate surface area is 168 Å². The summed E-state index contributed by atoms with van der Waals surface area (Å²) in [7, 11) is 0. The highest BCUT2D eigenvalue weighted by molar-refractivity contribution is 6.03. The Balaban J connectivity index is 1.70. The van der Waals surface area contributed by atoms with E-state index in [4.69, 9.17) is 4.74 Å². The van der Waals surface area contributed by atoms with Gasteiger partial charge in [0.2, 0.25) is 5.91 Å². The number of carbonyl (C=O) groups is 2. The molecule has 148 valence electrons. The number of amides is 2. The van der Waals surface area contributed by atoms with E-state index in [9.17, 15) is 9.59 Å². The maximum Gasteiger partial charge on any atom is 0.274 e. The van der Waals surface area contributed by atoms with E-state index >= 15 is 0 Å². The van der Waals surface area contributed by atoms with Crippen LogP contribution in [0.3, 0.4) is 0 Å². The number of benzene rings is 2. The van der Waals surface area contributed by atoms with Gasteiger partial charge in [0.15, 0.2) is 0 Å². The van der Waals surface area contributed by atoms with Crippen LogP contribution in [0.5, 0.6) is 5.75 Å². The van der Waals surface area contributed by atoms with Gasteiger partial charge in [-0.2, -0.15) is 0 Å². The number of anilines is 4. The average molecular weight is 391 g/mol. The Bertz CT molecular complexity index is 1010. The largest absolute Gasteiger partial charge is 0.492 e. The number of para-hydroxylation sites is 2. The van der Waals surface area contributed by atoms with Crippen molar-refractivity contribution in [2.45, 2.75) is 13.8 Å². The van der Waals surface area contributed by atoms with Gasteiger partial charge in [-0.1, -0.05) is 12.1 Å². The van der Waals surface area contributed by atoms with E-state index in [1.54, 1.807) is 30.3 Å². The van der Waals surface area contributed by atoms with Gasteiger partial charge in [-0.15, -0.1) is 0 Å². The van der Waals surface area contributed by atoms with Gasteiger partial charge in [0, 0.05) is 24.4 Å². The molecule has 1 heterocycles. The van der Waals surface area contributed by atoms with Gasteiger partial charge in [-0.3, -0.25) is 9.59 Å². The van der Waals surface area contributed by atoms with Crippen molar-refractivity contribution >= 4 is 34.7 Å². The molecule has 2 aromatic carbocycles. The van der Waals surface area contributed by atoms with Gasteiger partial charge in [0.1, 0.15) is 23.6 Å². The second-order valence-electron chi connectivity index (χ2n) is 6.06. The fourth-order valence-electron chi connectivity index (χ4n) is 2.57. The molecule has 3 N–H and O–H groups in total. The first-order valence-corrected chi connectivity index (χ1v) is 9.05. The van der Waals surface area contributed by atoms with Crippen LogP contribution in [0.25, 0.3) is 0 Å². The summed E-state index contributed by atoms with van der Waals surface area (Å²) in [6.07, 6.45) is 1.32. The quantitative estimate of drug-likeness (QED) is 0.565. The van der Waals surface area contributed by atoms with Crippen LogP contribution >= 0.6 is 0 Å². The summed E-state index contributed by atoms with van der Waals surface area (Å²) >= 11 is 0. The van der Waals surface area contributed by atoms with E-state index in [0.29, 0.717) is 29.5 Å². The van der Waals surface area contributed by atoms with Crippen molar-refractivity contribution in [1.29, 1.82) is 0 Å². The maximum atomic E-state index is 12.5. The minimum Gasteiger partial charge on any atom is -0.492 e. The van der Waals surface area contributed by atoms with Gasteiger partial charge in [-0.25, -0.2) is 9.97 Å². The Morgan fingerprint density at radius 2 is 1.66 bits per heavy atom. The molecule has 0 bridgehead atoms. The fourth-order valence-corrected chi connectivity index (χ4v) is 2.57. The van der Waals surface area contributed by atoms with Crippen molar-refractivity contribution < 1.29 is 14.3 Å². The number of carbonyl (C=O) groups excluding carboxylic acids is 2. The van der Waals surface area contributed by atoms with E-state index in [1.807, 2.05) is 31.2 Å². The van der Waals surface area contributed by atoms with Crippen molar-refractivity contribution in [3.63, 3.8) is 0 Å². The van der Waals surface area contributed by atoms with Gasteiger partial charge in [0.05, 0.1) is 12.3 Å². The lowest BCUT2D eigenvalue weighted by molar-refractivity contribution is -0.114. The van der Waals surface area contributed by atoms with Gasteiger partial charge < -0.3 is 20.7 Å². The molecular formula is C21H21N5O3. The second-order valence-corrected chi connectivity index (χ2v) is 6.06. The molecule has 2 amide bonds. The van der Waals surface area contributed by atoms with Crippen LogP contribution in [-0.2, 0) is 4.79 Å². The molecule has 0 aliphatic carbocycles. The molecule has 8 nitrogen and oxygen atoms in total. The topological polar surface area (TPSA) is 105 Å². The Hall–Kier alpha value is -3.94. The van der Waals surface area contributed by atoms with Crippen LogP contribution in [0.2, 0.25) is 0 Å². The second kappa shape index (κ2) is 9.32. The molecule has 3 aromatic rings. The third-order valence-electron chi connectivity index (χ3n) is 3.81. The van der Waals surface area contributed by atoms with Crippen molar-refractivity contribution in [2.24, 2.45) is 0 Å². The molecule has 0 fully saturated rings. The number of rotatable bonds is 7. The van der Waals surface area contributed by atoms with Crippen LogP contribution in [0, 0.1) is 0 Å². The van der Waals surface area contributed by atoms with E-state index in [2.05, 4.69) is 25.9 Å². The zero-order chi connectivity index (χ0) is 20.6. The number of hydrogen-bond donors (Lipinski definition) is 3. The van der Waals surface area contributed by atoms with Crippen LogP contribution in [0.4, 0.5) is 22.9 Å². The van der Waals surface area contributed by atoms with E-state index in [0.717, 1.165) is 5.69 Å². The van der Waals surface area contributed by atoms with E-state index in [1.165, 1.54) is 13.3 Å². The fraction of sp³-hybridized carbons (Fsp3) is 0.143. The van der Waals surface area contributed by atoms with Crippen LogP contribution < -0.4 is 20.7 Å². The monoisotopic (exact) mass is 391 g/mol. The highest BCUT2D eigenvalue weighted by Crippen LogP contribution is 2.26. The number of aromatic nitrogens is 2. The molecule has 0 atom stereocenters. The zero-order valence-corrected chi connectivity index (χ0v) is 16.1. The normalized spacial score (nSPS) is 10.1. The van der Waals surface area contributed by atoms with Gasteiger partial charge >= 0.3 is 0 Å². The molecule has 8 heteroatoms. The summed E-state index contributed by atoms with van der Waals surface area (Å²) in [6.45, 7) is 3.88. The standard InChI is InChI=1S/C21H21N5O3/c1-3-29-19-7-5-4-6-17(19)26-20-12-18(22-13-23-20)21(28)25-16-10-8-15(9-11-16)24-14(2)27/h4-13H,3H2,1-2H3,(H,24,27)(H,25,28)(H,22,23,26). The molecule has 0 aliphatic rings. The Morgan fingerprint density at radius 3 is 2.34 bits per heavy atom. The molecule has 0 aliphatic heterocycles. The summed E-state index contributed by atoms with van der Waals surface area (Å²) in [5.74, 6) is 0.631. The van der Waals surface area contributed by atoms with Crippen LogP contribution in [-0.4, -0.2) is 28.4 Å². The third-order valence-corrected chi connectivity index (χ3v) is 3.81. The molecule has 0 radical (unpaired) electrons. The highest BCUT2D eigenvalue weighted by atomic mass is 16.5. The number of hydrogen-bond acceptors (Lipinski definition) is 6. The van der Waals surface area contributed by atoms with Crippen molar-refractivity contribution in [3.8, 4) is 5.75 Å². The molecule has 0 unspecified atom stereocenters. The lowest BCUT2D eigenvalue weighted by Crippen LogP contribution is -2.14. The van der Waals surface area contributed by atoms with E-state index < -0.39 is 0 Å². The average Bonchev–Trinajstić information content (AvgIpc) is 2.71. The summed E-state index contributed by atoms with van der Waals surface area (Å²) in [5.41, 5.74) is 2.19. The minimum absolute atomic E-state index is 0.159. The summed E-state index contributed by atoms with van der Waals surface area (Å²) in [6, 6.07) is 15.8. The SMILES string of the molecule is CCOc1ccccc1Nc1cc(C(=O)Nc2ccc(NC(C)=O)cc2)ncn1. The first kappa shape index (κ1) is 19.8. The number of nitrogens with zero attached hydrogens (tertiary/aromatic N) is 2.